The molecule has 8 heteroatoms. The lowest BCUT2D eigenvalue weighted by Gasteiger charge is -2.17. The average molecular weight is 351 g/mol. The third-order valence-corrected chi connectivity index (χ3v) is 2.76. The molecular formula is C14H24Cl2N4O2. The molecule has 22 heavy (non-hydrogen) atoms. The van der Waals surface area contributed by atoms with Gasteiger partial charge in [-0.15, -0.1) is 24.8 Å². The number of hydrogen-bond acceptors (Lipinski definition) is 4. The fraction of sp³-hybridized carbons (Fsp3) is 0.429. The topological polar surface area (TPSA) is 110 Å². The largest absolute Gasteiger partial charge is 0.330 e. The first-order valence-electron chi connectivity index (χ1n) is 6.59. The summed E-state index contributed by atoms with van der Waals surface area (Å²) in [6.07, 6.45) is 1.23. The molecule has 0 radical (unpaired) electrons. The van der Waals surface area contributed by atoms with E-state index in [1.807, 2.05) is 12.1 Å². The predicted octanol–water partition coefficient (Wildman–Crippen LogP) is 1.45. The van der Waals surface area contributed by atoms with Gasteiger partial charge in [0.15, 0.2) is 0 Å². The third-order valence-electron chi connectivity index (χ3n) is 2.76. The van der Waals surface area contributed by atoms with Gasteiger partial charge in [-0.25, -0.2) is 0 Å². The van der Waals surface area contributed by atoms with Crippen molar-refractivity contribution in [1.82, 2.24) is 0 Å². The summed E-state index contributed by atoms with van der Waals surface area (Å²) in [5.74, 6) is -0.330. The number of nitrogens with two attached hydrogens (primary N) is 2. The molecule has 0 atom stereocenters. The minimum atomic E-state index is -0.165. The fourth-order valence-electron chi connectivity index (χ4n) is 2.06. The Morgan fingerprint density at radius 1 is 0.909 bits per heavy atom. The lowest BCUT2D eigenvalue weighted by atomic mass is 10.0. The molecule has 126 valence electrons. The molecule has 0 aliphatic rings. The number of carbonyl (C=O) groups excluding carboxylic acids is 2. The number of halogens is 2. The first-order chi connectivity index (χ1) is 9.47. The first kappa shape index (κ1) is 22.9. The Hall–Kier alpha value is -1.34. The SMILES string of the molecule is CC(=O)Nc1cc(CCN)cc(NC(C)=O)c1CCN.Cl.Cl. The first-order valence-corrected chi connectivity index (χ1v) is 6.59. The van der Waals surface area contributed by atoms with Gasteiger partial charge in [-0.3, -0.25) is 9.59 Å². The van der Waals surface area contributed by atoms with E-state index in [4.69, 9.17) is 11.5 Å². The van der Waals surface area contributed by atoms with Crippen LogP contribution in [0.2, 0.25) is 0 Å². The standard InChI is InChI=1S/C14H22N4O2.2ClH/c1-9(19)17-13-7-11(3-5-15)8-14(18-10(2)20)12(13)4-6-16;;/h7-8H,3-6,15-16H2,1-2H3,(H,17,19)(H,18,20);2*1H. The number of hydrogen-bond donors (Lipinski definition) is 4. The van der Waals surface area contributed by atoms with Crippen LogP contribution < -0.4 is 22.1 Å². The molecule has 1 rings (SSSR count). The van der Waals surface area contributed by atoms with Gasteiger partial charge in [0.25, 0.3) is 0 Å². The Balaban J connectivity index is 0. The monoisotopic (exact) mass is 350 g/mol. The van der Waals surface area contributed by atoms with Gasteiger partial charge in [0.1, 0.15) is 0 Å². The molecule has 0 heterocycles. The zero-order valence-corrected chi connectivity index (χ0v) is 14.4. The lowest BCUT2D eigenvalue weighted by molar-refractivity contribution is -0.115. The van der Waals surface area contributed by atoms with Crippen molar-refractivity contribution in [2.45, 2.75) is 26.7 Å². The van der Waals surface area contributed by atoms with Crippen molar-refractivity contribution < 1.29 is 9.59 Å². The van der Waals surface area contributed by atoms with E-state index in [0.717, 1.165) is 11.1 Å². The second-order valence-corrected chi connectivity index (χ2v) is 4.61. The minimum absolute atomic E-state index is 0. The summed E-state index contributed by atoms with van der Waals surface area (Å²) in [7, 11) is 0. The fourth-order valence-corrected chi connectivity index (χ4v) is 2.06. The molecule has 6 nitrogen and oxygen atoms in total. The summed E-state index contributed by atoms with van der Waals surface area (Å²) in [6, 6.07) is 3.76. The Kier molecular flexibility index (Phi) is 11.7. The molecule has 0 saturated carbocycles. The van der Waals surface area contributed by atoms with Crippen LogP contribution in [-0.2, 0) is 22.4 Å². The summed E-state index contributed by atoms with van der Waals surface area (Å²) in [5, 5.41) is 5.57. The van der Waals surface area contributed by atoms with Crippen LogP contribution in [0.5, 0.6) is 0 Å². The highest BCUT2D eigenvalue weighted by Gasteiger charge is 2.12. The second kappa shape index (κ2) is 11.3. The average Bonchev–Trinajstić information content (AvgIpc) is 2.32. The van der Waals surface area contributed by atoms with Crippen molar-refractivity contribution in [3.05, 3.63) is 23.3 Å². The smallest absolute Gasteiger partial charge is 0.221 e. The normalized spacial score (nSPS) is 9.27. The number of amides is 2. The molecule has 2 amide bonds. The lowest BCUT2D eigenvalue weighted by Crippen LogP contribution is -2.16. The van der Waals surface area contributed by atoms with Crippen LogP contribution in [0.25, 0.3) is 0 Å². The number of nitrogens with one attached hydrogen (secondary N) is 2. The summed E-state index contributed by atoms with van der Waals surface area (Å²) in [4.78, 5) is 22.6. The van der Waals surface area contributed by atoms with Crippen LogP contribution in [0.4, 0.5) is 11.4 Å². The van der Waals surface area contributed by atoms with Crippen LogP contribution in [0, 0.1) is 0 Å². The van der Waals surface area contributed by atoms with Gasteiger partial charge in [-0.05, 0) is 43.6 Å². The molecule has 0 spiro atoms. The van der Waals surface area contributed by atoms with Crippen LogP contribution in [0.1, 0.15) is 25.0 Å². The van der Waals surface area contributed by atoms with Gasteiger partial charge in [-0.1, -0.05) is 0 Å². The van der Waals surface area contributed by atoms with Crippen molar-refractivity contribution in [2.24, 2.45) is 11.5 Å². The molecule has 0 aromatic heterocycles. The molecule has 0 saturated heterocycles. The highest BCUT2D eigenvalue weighted by molar-refractivity contribution is 5.94. The van der Waals surface area contributed by atoms with E-state index >= 15 is 0 Å². The maximum atomic E-state index is 11.3. The summed E-state index contributed by atoms with van der Waals surface area (Å²) in [5.41, 5.74) is 14.3. The minimum Gasteiger partial charge on any atom is -0.330 e. The van der Waals surface area contributed by atoms with E-state index in [1.165, 1.54) is 13.8 Å². The van der Waals surface area contributed by atoms with Crippen LogP contribution in [0.15, 0.2) is 12.1 Å². The molecule has 0 aliphatic heterocycles. The van der Waals surface area contributed by atoms with Crippen molar-refractivity contribution in [2.75, 3.05) is 23.7 Å². The highest BCUT2D eigenvalue weighted by atomic mass is 35.5. The molecule has 0 aliphatic carbocycles. The van der Waals surface area contributed by atoms with Crippen molar-refractivity contribution in [3.8, 4) is 0 Å². The second-order valence-electron chi connectivity index (χ2n) is 4.61. The van der Waals surface area contributed by atoms with Gasteiger partial charge in [0.05, 0.1) is 0 Å². The number of rotatable bonds is 6. The molecule has 0 unspecified atom stereocenters. The van der Waals surface area contributed by atoms with E-state index < -0.39 is 0 Å². The van der Waals surface area contributed by atoms with Gasteiger partial charge in [0.2, 0.25) is 11.8 Å². The summed E-state index contributed by atoms with van der Waals surface area (Å²) in [6.45, 7) is 3.81. The van der Waals surface area contributed by atoms with E-state index in [9.17, 15) is 9.59 Å². The molecule has 1 aromatic carbocycles. The quantitative estimate of drug-likeness (QED) is 0.622. The Morgan fingerprint density at radius 3 is 1.64 bits per heavy atom. The number of anilines is 2. The third kappa shape index (κ3) is 7.09. The number of benzene rings is 1. The maximum absolute atomic E-state index is 11.3. The zero-order valence-electron chi connectivity index (χ0n) is 12.8. The molecule has 1 aromatic rings. The predicted molar refractivity (Wildman–Crippen MR) is 95.1 cm³/mol. The van der Waals surface area contributed by atoms with Gasteiger partial charge >= 0.3 is 0 Å². The Bertz CT molecular complexity index is 473. The zero-order chi connectivity index (χ0) is 15.1. The molecule has 6 N–H and O–H groups in total. The Labute approximate surface area is 143 Å². The van der Waals surface area contributed by atoms with Crippen molar-refractivity contribution in [3.63, 3.8) is 0 Å². The van der Waals surface area contributed by atoms with Crippen molar-refractivity contribution in [1.29, 1.82) is 0 Å². The summed E-state index contributed by atoms with van der Waals surface area (Å²) < 4.78 is 0. The van der Waals surface area contributed by atoms with Crippen LogP contribution in [-0.4, -0.2) is 24.9 Å². The molecule has 0 bridgehead atoms. The maximum Gasteiger partial charge on any atom is 0.221 e. The van der Waals surface area contributed by atoms with E-state index in [1.54, 1.807) is 0 Å². The van der Waals surface area contributed by atoms with E-state index in [-0.39, 0.29) is 36.6 Å². The van der Waals surface area contributed by atoms with Crippen molar-refractivity contribution >= 4 is 48.0 Å². The van der Waals surface area contributed by atoms with Crippen LogP contribution >= 0.6 is 24.8 Å². The van der Waals surface area contributed by atoms with E-state index in [2.05, 4.69) is 10.6 Å². The Morgan fingerprint density at radius 2 is 1.32 bits per heavy atom. The van der Waals surface area contributed by atoms with Gasteiger partial charge < -0.3 is 22.1 Å². The van der Waals surface area contributed by atoms with E-state index in [0.29, 0.717) is 37.3 Å². The van der Waals surface area contributed by atoms with Gasteiger partial charge in [0, 0.05) is 30.8 Å². The molecule has 0 fully saturated rings. The highest BCUT2D eigenvalue weighted by Crippen LogP contribution is 2.28. The summed E-state index contributed by atoms with van der Waals surface area (Å²) >= 11 is 0. The van der Waals surface area contributed by atoms with Gasteiger partial charge in [-0.2, -0.15) is 0 Å². The molecular weight excluding hydrogens is 327 g/mol. The number of carbonyl (C=O) groups is 2. The van der Waals surface area contributed by atoms with Crippen LogP contribution in [0.3, 0.4) is 0 Å².